The average Bonchev–Trinajstić information content (AvgIpc) is 3.23. The van der Waals surface area contributed by atoms with Crippen LogP contribution in [0.1, 0.15) is 40.5 Å². The van der Waals surface area contributed by atoms with E-state index in [1.165, 1.54) is 11.3 Å². The van der Waals surface area contributed by atoms with Crippen molar-refractivity contribution >= 4 is 29.1 Å². The van der Waals surface area contributed by atoms with Crippen molar-refractivity contribution < 1.29 is 23.9 Å². The number of Topliss-reactive ketones (excluding diaryl/α,β-unsaturated/α-hetero) is 1. The third-order valence-corrected chi connectivity index (χ3v) is 5.63. The fourth-order valence-electron chi connectivity index (χ4n) is 2.73. The highest BCUT2D eigenvalue weighted by Crippen LogP contribution is 2.19. The lowest BCUT2D eigenvalue weighted by atomic mass is 9.91. The van der Waals surface area contributed by atoms with Gasteiger partial charge in [0.1, 0.15) is 24.4 Å². The van der Waals surface area contributed by atoms with Crippen LogP contribution in [0.3, 0.4) is 0 Å². The standard InChI is InChI=1S/C19H28N2O5S/c1-11(2)12(3)5-6-15(20-19(24)26-14-7-8-27-10-14)18(23)21-17-13(4)25-9-16(17)22/h7-8,10-13,15,17H,5-6,9H2,1-4H3,(H,20,24)(H,21,23)/t12?,13-,15-,17-/m0/s1. The van der Waals surface area contributed by atoms with E-state index in [4.69, 9.17) is 9.47 Å². The molecular formula is C19H28N2O5S. The van der Waals surface area contributed by atoms with E-state index in [0.29, 0.717) is 24.0 Å². The maximum absolute atomic E-state index is 12.7. The molecular weight excluding hydrogens is 368 g/mol. The van der Waals surface area contributed by atoms with Crippen LogP contribution in [0.25, 0.3) is 0 Å². The smallest absolute Gasteiger partial charge is 0.409 e. The Morgan fingerprint density at radius 3 is 2.63 bits per heavy atom. The van der Waals surface area contributed by atoms with Crippen LogP contribution in [0.4, 0.5) is 4.79 Å². The zero-order valence-electron chi connectivity index (χ0n) is 16.2. The molecule has 1 aromatic heterocycles. The van der Waals surface area contributed by atoms with Gasteiger partial charge in [0.2, 0.25) is 5.91 Å². The van der Waals surface area contributed by atoms with Crippen molar-refractivity contribution in [2.45, 2.75) is 58.7 Å². The molecule has 0 saturated carbocycles. The molecule has 2 heterocycles. The molecule has 1 saturated heterocycles. The molecule has 8 heteroatoms. The summed E-state index contributed by atoms with van der Waals surface area (Å²) >= 11 is 1.41. The lowest BCUT2D eigenvalue weighted by Gasteiger charge is -2.23. The van der Waals surface area contributed by atoms with Crippen LogP contribution < -0.4 is 15.4 Å². The molecule has 1 aromatic rings. The molecule has 4 atom stereocenters. The minimum absolute atomic E-state index is 0.00517. The SMILES string of the molecule is CC(C)C(C)CC[C@H](NC(=O)Oc1ccsc1)C(=O)N[C@@H]1C(=O)CO[C@H]1C. The number of thiophene rings is 1. The van der Waals surface area contributed by atoms with Crippen LogP contribution in [-0.4, -0.2) is 42.6 Å². The number of amides is 2. The van der Waals surface area contributed by atoms with Gasteiger partial charge >= 0.3 is 6.09 Å². The van der Waals surface area contributed by atoms with Crippen molar-refractivity contribution in [3.63, 3.8) is 0 Å². The van der Waals surface area contributed by atoms with Crippen molar-refractivity contribution in [3.8, 4) is 5.75 Å². The van der Waals surface area contributed by atoms with E-state index in [2.05, 4.69) is 31.4 Å². The highest BCUT2D eigenvalue weighted by molar-refractivity contribution is 7.08. The second-order valence-corrected chi connectivity index (χ2v) is 8.09. The van der Waals surface area contributed by atoms with E-state index in [9.17, 15) is 14.4 Å². The van der Waals surface area contributed by atoms with Crippen molar-refractivity contribution in [3.05, 3.63) is 16.8 Å². The van der Waals surface area contributed by atoms with Gasteiger partial charge in [0.25, 0.3) is 0 Å². The summed E-state index contributed by atoms with van der Waals surface area (Å²) in [5.41, 5.74) is 0. The van der Waals surface area contributed by atoms with Crippen LogP contribution in [-0.2, 0) is 14.3 Å². The Balaban J connectivity index is 1.99. The van der Waals surface area contributed by atoms with E-state index < -0.39 is 24.1 Å². The summed E-state index contributed by atoms with van der Waals surface area (Å²) in [7, 11) is 0. The molecule has 0 radical (unpaired) electrons. The molecule has 150 valence electrons. The van der Waals surface area contributed by atoms with E-state index in [-0.39, 0.29) is 18.5 Å². The maximum Gasteiger partial charge on any atom is 0.413 e. The number of rotatable bonds is 8. The molecule has 0 bridgehead atoms. The third kappa shape index (κ3) is 6.32. The lowest BCUT2D eigenvalue weighted by Crippen LogP contribution is -2.53. The predicted molar refractivity (Wildman–Crippen MR) is 103 cm³/mol. The second kappa shape index (κ2) is 9.85. The second-order valence-electron chi connectivity index (χ2n) is 7.31. The van der Waals surface area contributed by atoms with E-state index in [1.807, 2.05) is 0 Å². The molecule has 0 spiro atoms. The summed E-state index contributed by atoms with van der Waals surface area (Å²) in [5, 5.41) is 8.84. The Bertz CT molecular complexity index is 647. The van der Waals surface area contributed by atoms with Gasteiger partial charge in [-0.1, -0.05) is 20.8 Å². The van der Waals surface area contributed by atoms with Gasteiger partial charge < -0.3 is 20.1 Å². The van der Waals surface area contributed by atoms with Crippen molar-refractivity contribution in [2.75, 3.05) is 6.61 Å². The summed E-state index contributed by atoms with van der Waals surface area (Å²) in [6.45, 7) is 8.08. The molecule has 2 N–H and O–H groups in total. The van der Waals surface area contributed by atoms with Gasteiger partial charge in [-0.05, 0) is 43.0 Å². The van der Waals surface area contributed by atoms with Crippen LogP contribution in [0.15, 0.2) is 16.8 Å². The number of nitrogens with one attached hydrogen (secondary N) is 2. The lowest BCUT2D eigenvalue weighted by molar-refractivity contribution is -0.127. The first-order valence-corrected chi connectivity index (χ1v) is 10.2. The Morgan fingerprint density at radius 2 is 2.07 bits per heavy atom. The minimum atomic E-state index is -0.780. The molecule has 2 rings (SSSR count). The summed E-state index contributed by atoms with van der Waals surface area (Å²) < 4.78 is 10.5. The fourth-order valence-corrected chi connectivity index (χ4v) is 3.29. The highest BCUT2D eigenvalue weighted by atomic mass is 32.1. The fraction of sp³-hybridized carbons (Fsp3) is 0.632. The summed E-state index contributed by atoms with van der Waals surface area (Å²) in [4.78, 5) is 36.8. The maximum atomic E-state index is 12.7. The zero-order valence-corrected chi connectivity index (χ0v) is 17.0. The summed E-state index contributed by atoms with van der Waals surface area (Å²) in [6, 6.07) is 0.214. The van der Waals surface area contributed by atoms with E-state index >= 15 is 0 Å². The predicted octanol–water partition coefficient (Wildman–Crippen LogP) is 2.75. The van der Waals surface area contributed by atoms with Crippen molar-refractivity contribution in [1.82, 2.24) is 10.6 Å². The quantitative estimate of drug-likeness (QED) is 0.705. The van der Waals surface area contributed by atoms with Gasteiger partial charge in [-0.15, -0.1) is 11.3 Å². The zero-order chi connectivity index (χ0) is 20.0. The molecule has 7 nitrogen and oxygen atoms in total. The van der Waals surface area contributed by atoms with Crippen LogP contribution in [0.2, 0.25) is 0 Å². The van der Waals surface area contributed by atoms with Crippen molar-refractivity contribution in [2.24, 2.45) is 11.8 Å². The normalized spacial score (nSPS) is 21.7. The number of ketones is 1. The number of carbonyl (C=O) groups is 3. The molecule has 1 aliphatic heterocycles. The molecule has 27 heavy (non-hydrogen) atoms. The molecule has 0 aromatic carbocycles. The molecule has 2 amide bonds. The van der Waals surface area contributed by atoms with Gasteiger partial charge in [-0.3, -0.25) is 9.59 Å². The average molecular weight is 397 g/mol. The topological polar surface area (TPSA) is 93.7 Å². The van der Waals surface area contributed by atoms with Gasteiger partial charge in [-0.2, -0.15) is 0 Å². The first kappa shape index (κ1) is 21.4. The van der Waals surface area contributed by atoms with Gasteiger partial charge in [0.15, 0.2) is 5.78 Å². The summed E-state index contributed by atoms with van der Waals surface area (Å²) in [5.74, 6) is 0.733. The van der Waals surface area contributed by atoms with Crippen LogP contribution in [0.5, 0.6) is 5.75 Å². The van der Waals surface area contributed by atoms with E-state index in [1.54, 1.807) is 23.8 Å². The van der Waals surface area contributed by atoms with Crippen LogP contribution in [0, 0.1) is 11.8 Å². The van der Waals surface area contributed by atoms with E-state index in [0.717, 1.165) is 6.42 Å². The van der Waals surface area contributed by atoms with Crippen molar-refractivity contribution in [1.29, 1.82) is 0 Å². The monoisotopic (exact) mass is 396 g/mol. The molecule has 0 aliphatic carbocycles. The molecule has 1 fully saturated rings. The summed E-state index contributed by atoms with van der Waals surface area (Å²) in [6.07, 6.45) is 0.154. The van der Waals surface area contributed by atoms with Gasteiger partial charge in [0, 0.05) is 5.38 Å². The minimum Gasteiger partial charge on any atom is -0.409 e. The number of hydrogen-bond donors (Lipinski definition) is 2. The first-order chi connectivity index (χ1) is 12.8. The number of carbonyl (C=O) groups excluding carboxylic acids is 3. The Labute approximate surface area is 163 Å². The first-order valence-electron chi connectivity index (χ1n) is 9.23. The largest absolute Gasteiger partial charge is 0.413 e. The molecule has 1 unspecified atom stereocenters. The third-order valence-electron chi connectivity index (χ3n) is 4.97. The van der Waals surface area contributed by atoms with Gasteiger partial charge in [0.05, 0.1) is 6.10 Å². The number of hydrogen-bond acceptors (Lipinski definition) is 6. The Morgan fingerprint density at radius 1 is 1.33 bits per heavy atom. The number of ether oxygens (including phenoxy) is 2. The Kier molecular flexibility index (Phi) is 7.79. The molecule has 1 aliphatic rings. The van der Waals surface area contributed by atoms with Gasteiger partial charge in [-0.25, -0.2) is 4.79 Å². The highest BCUT2D eigenvalue weighted by Gasteiger charge is 2.35. The van der Waals surface area contributed by atoms with Crippen LogP contribution >= 0.6 is 11.3 Å². The Hall–Kier alpha value is -1.93.